The van der Waals surface area contributed by atoms with Gasteiger partial charge in [-0.15, -0.1) is 0 Å². The standard InChI is InChI=1S/C17H19F2N3O3S/c18-16(19)12-3-1-10(2-4-12)5-13-15(14(23)8-20-13)25-17(24)21-6-11-7-22-26-9-11/h1-4,7,9,13-16,20,23H,5-6,8H2,(H,21,24)/t13-,14+,15+/m1/s1. The molecule has 2 aromatic rings. The predicted molar refractivity (Wildman–Crippen MR) is 92.1 cm³/mol. The van der Waals surface area contributed by atoms with Crippen molar-refractivity contribution >= 4 is 17.6 Å². The molecule has 1 aromatic carbocycles. The van der Waals surface area contributed by atoms with E-state index in [1.165, 1.54) is 23.7 Å². The molecule has 1 aliphatic heterocycles. The Balaban J connectivity index is 1.55. The maximum absolute atomic E-state index is 12.6. The van der Waals surface area contributed by atoms with E-state index in [4.69, 9.17) is 4.74 Å². The molecular weight excluding hydrogens is 364 g/mol. The number of aromatic nitrogens is 1. The number of alkyl halides is 2. The van der Waals surface area contributed by atoms with Crippen molar-refractivity contribution < 1.29 is 23.4 Å². The zero-order chi connectivity index (χ0) is 18.5. The number of nitrogens with zero attached hydrogens (tertiary/aromatic N) is 1. The molecule has 6 nitrogen and oxygen atoms in total. The van der Waals surface area contributed by atoms with Gasteiger partial charge in [0.1, 0.15) is 12.2 Å². The molecular formula is C17H19F2N3O3S. The van der Waals surface area contributed by atoms with Crippen LogP contribution in [0.1, 0.15) is 23.1 Å². The summed E-state index contributed by atoms with van der Waals surface area (Å²) in [7, 11) is 0. The molecule has 0 unspecified atom stereocenters. The van der Waals surface area contributed by atoms with Gasteiger partial charge in [0.15, 0.2) is 0 Å². The minimum atomic E-state index is -2.51. The lowest BCUT2D eigenvalue weighted by Crippen LogP contribution is -2.41. The SMILES string of the molecule is O=C(NCc1cnsc1)O[C@@H]1[C@@H](O)CN[C@@H]1Cc1ccc(C(F)F)cc1. The summed E-state index contributed by atoms with van der Waals surface area (Å²) in [6.07, 6.45) is -2.56. The Morgan fingerprint density at radius 2 is 2.15 bits per heavy atom. The third kappa shape index (κ3) is 4.75. The number of ether oxygens (including phenoxy) is 1. The first kappa shape index (κ1) is 18.7. The molecule has 140 valence electrons. The molecule has 1 aromatic heterocycles. The van der Waals surface area contributed by atoms with Crippen LogP contribution in [0.25, 0.3) is 0 Å². The van der Waals surface area contributed by atoms with E-state index in [9.17, 15) is 18.7 Å². The molecule has 1 fully saturated rings. The Kier molecular flexibility index (Phi) is 6.12. The van der Waals surface area contributed by atoms with Crippen LogP contribution >= 0.6 is 11.5 Å². The normalized spacial score (nSPS) is 22.5. The van der Waals surface area contributed by atoms with Gasteiger partial charge in [-0.05, 0) is 23.5 Å². The minimum Gasteiger partial charge on any atom is -0.442 e. The molecule has 0 radical (unpaired) electrons. The average Bonchev–Trinajstić information content (AvgIpc) is 3.26. The van der Waals surface area contributed by atoms with Gasteiger partial charge in [0.2, 0.25) is 0 Å². The lowest BCUT2D eigenvalue weighted by Gasteiger charge is -2.22. The van der Waals surface area contributed by atoms with Gasteiger partial charge in [-0.3, -0.25) is 0 Å². The summed E-state index contributed by atoms with van der Waals surface area (Å²) in [5.74, 6) is 0. The van der Waals surface area contributed by atoms with E-state index >= 15 is 0 Å². The summed E-state index contributed by atoms with van der Waals surface area (Å²) in [5.41, 5.74) is 1.65. The summed E-state index contributed by atoms with van der Waals surface area (Å²) < 4.78 is 34.6. The van der Waals surface area contributed by atoms with Gasteiger partial charge in [0.25, 0.3) is 6.43 Å². The second-order valence-electron chi connectivity index (χ2n) is 6.08. The number of β-amino-alcohol motifs (C(OH)–C–C–N with tert-alkyl or cyclic N) is 1. The molecule has 3 rings (SSSR count). The number of alkyl carbamates (subject to hydrolysis) is 1. The molecule has 3 N–H and O–H groups in total. The lowest BCUT2D eigenvalue weighted by molar-refractivity contribution is 0.0188. The van der Waals surface area contributed by atoms with E-state index in [0.29, 0.717) is 19.5 Å². The number of amides is 1. The number of carbonyl (C=O) groups excluding carboxylic acids is 1. The summed E-state index contributed by atoms with van der Waals surface area (Å²) in [6, 6.07) is 5.70. The first-order valence-electron chi connectivity index (χ1n) is 8.14. The maximum atomic E-state index is 12.6. The van der Waals surface area contributed by atoms with Crippen molar-refractivity contribution in [1.29, 1.82) is 0 Å². The number of carbonyl (C=O) groups is 1. The number of rotatable bonds is 6. The van der Waals surface area contributed by atoms with Crippen molar-refractivity contribution in [1.82, 2.24) is 15.0 Å². The van der Waals surface area contributed by atoms with Gasteiger partial charge < -0.3 is 20.5 Å². The quantitative estimate of drug-likeness (QED) is 0.713. The van der Waals surface area contributed by atoms with Crippen LogP contribution in [0.2, 0.25) is 0 Å². The number of hydrogen-bond acceptors (Lipinski definition) is 6. The Morgan fingerprint density at radius 1 is 1.38 bits per heavy atom. The second-order valence-corrected chi connectivity index (χ2v) is 6.74. The smallest absolute Gasteiger partial charge is 0.407 e. The number of benzene rings is 1. The summed E-state index contributed by atoms with van der Waals surface area (Å²) in [5, 5.41) is 17.6. The van der Waals surface area contributed by atoms with Crippen molar-refractivity contribution in [2.75, 3.05) is 6.54 Å². The van der Waals surface area contributed by atoms with Crippen LogP contribution in [0.15, 0.2) is 35.8 Å². The van der Waals surface area contributed by atoms with Gasteiger partial charge in [-0.25, -0.2) is 17.9 Å². The fourth-order valence-corrected chi connectivity index (χ4v) is 3.36. The molecule has 0 spiro atoms. The highest BCUT2D eigenvalue weighted by Gasteiger charge is 2.37. The molecule has 0 saturated carbocycles. The first-order valence-corrected chi connectivity index (χ1v) is 8.98. The molecule has 0 bridgehead atoms. The van der Waals surface area contributed by atoms with E-state index in [1.54, 1.807) is 18.3 Å². The van der Waals surface area contributed by atoms with E-state index in [1.807, 2.05) is 5.38 Å². The molecule has 0 aliphatic carbocycles. The Labute approximate surface area is 153 Å². The fraction of sp³-hybridized carbons (Fsp3) is 0.412. The predicted octanol–water partition coefficient (Wildman–Crippen LogP) is 2.25. The van der Waals surface area contributed by atoms with Crippen LogP contribution in [-0.4, -0.2) is 40.4 Å². The largest absolute Gasteiger partial charge is 0.442 e. The molecule has 1 amide bonds. The third-order valence-electron chi connectivity index (χ3n) is 4.22. The summed E-state index contributed by atoms with van der Waals surface area (Å²) in [4.78, 5) is 12.0. The molecule has 1 saturated heterocycles. The average molecular weight is 383 g/mol. The van der Waals surface area contributed by atoms with Crippen LogP contribution in [0, 0.1) is 0 Å². The van der Waals surface area contributed by atoms with E-state index in [-0.39, 0.29) is 11.6 Å². The molecule has 3 atom stereocenters. The first-order chi connectivity index (χ1) is 12.5. The van der Waals surface area contributed by atoms with Gasteiger partial charge in [-0.1, -0.05) is 24.3 Å². The number of halogens is 2. The number of hydrogen-bond donors (Lipinski definition) is 3. The summed E-state index contributed by atoms with van der Waals surface area (Å²) >= 11 is 1.29. The number of aliphatic hydroxyl groups is 1. The molecule has 9 heteroatoms. The fourth-order valence-electron chi connectivity index (χ4n) is 2.83. The van der Waals surface area contributed by atoms with Crippen molar-refractivity contribution in [2.45, 2.75) is 37.6 Å². The molecule has 2 heterocycles. The highest BCUT2D eigenvalue weighted by molar-refractivity contribution is 7.03. The van der Waals surface area contributed by atoms with Crippen LogP contribution in [0.3, 0.4) is 0 Å². The van der Waals surface area contributed by atoms with Gasteiger partial charge in [0.05, 0.1) is 6.04 Å². The topological polar surface area (TPSA) is 83.5 Å². The van der Waals surface area contributed by atoms with Gasteiger partial charge in [0, 0.05) is 35.8 Å². The van der Waals surface area contributed by atoms with E-state index in [2.05, 4.69) is 15.0 Å². The van der Waals surface area contributed by atoms with Crippen LogP contribution < -0.4 is 10.6 Å². The minimum absolute atomic E-state index is 0.0386. The summed E-state index contributed by atoms with van der Waals surface area (Å²) in [6.45, 7) is 0.595. The second kappa shape index (κ2) is 8.52. The third-order valence-corrected chi connectivity index (χ3v) is 4.85. The van der Waals surface area contributed by atoms with Crippen LogP contribution in [0.5, 0.6) is 0 Å². The van der Waals surface area contributed by atoms with Crippen LogP contribution in [-0.2, 0) is 17.7 Å². The molecule has 26 heavy (non-hydrogen) atoms. The monoisotopic (exact) mass is 383 g/mol. The van der Waals surface area contributed by atoms with Gasteiger partial charge >= 0.3 is 6.09 Å². The van der Waals surface area contributed by atoms with Gasteiger partial charge in [-0.2, -0.15) is 0 Å². The highest BCUT2D eigenvalue weighted by atomic mass is 32.1. The van der Waals surface area contributed by atoms with Crippen LogP contribution in [0.4, 0.5) is 13.6 Å². The number of aliphatic hydroxyl groups excluding tert-OH is 1. The molecule has 1 aliphatic rings. The van der Waals surface area contributed by atoms with Crippen molar-refractivity contribution in [2.24, 2.45) is 0 Å². The van der Waals surface area contributed by atoms with Crippen molar-refractivity contribution in [3.8, 4) is 0 Å². The number of nitrogens with one attached hydrogen (secondary N) is 2. The lowest BCUT2D eigenvalue weighted by atomic mass is 10.0. The zero-order valence-electron chi connectivity index (χ0n) is 13.8. The highest BCUT2D eigenvalue weighted by Crippen LogP contribution is 2.21. The Hall–Kier alpha value is -2.10. The van der Waals surface area contributed by atoms with E-state index < -0.39 is 24.7 Å². The van der Waals surface area contributed by atoms with E-state index in [0.717, 1.165) is 11.1 Å². The Morgan fingerprint density at radius 3 is 2.81 bits per heavy atom. The van der Waals surface area contributed by atoms with Crippen molar-refractivity contribution in [3.05, 3.63) is 52.5 Å². The van der Waals surface area contributed by atoms with Crippen molar-refractivity contribution in [3.63, 3.8) is 0 Å². The maximum Gasteiger partial charge on any atom is 0.407 e. The Bertz CT molecular complexity index is 713. The zero-order valence-corrected chi connectivity index (χ0v) is 14.6.